The first-order valence-electron chi connectivity index (χ1n) is 6.82. The lowest BCUT2D eigenvalue weighted by molar-refractivity contribution is -0.138. The number of hydrogen-bond acceptors (Lipinski definition) is 3. The van der Waals surface area contributed by atoms with E-state index in [9.17, 15) is 4.79 Å². The quantitative estimate of drug-likeness (QED) is 0.878. The smallest absolute Gasteiger partial charge is 0.317 e. The molecule has 0 saturated heterocycles. The first-order chi connectivity index (χ1) is 9.44. The van der Waals surface area contributed by atoms with Gasteiger partial charge in [-0.3, -0.25) is 9.69 Å². The fourth-order valence-electron chi connectivity index (χ4n) is 2.35. The molecule has 0 radical (unpaired) electrons. The molecule has 0 spiro atoms. The number of carboxylic acids is 1. The highest BCUT2D eigenvalue weighted by Crippen LogP contribution is 2.10. The van der Waals surface area contributed by atoms with Gasteiger partial charge < -0.3 is 9.51 Å². The molecule has 2 rings (SSSR count). The van der Waals surface area contributed by atoms with Gasteiger partial charge in [-0.15, -0.1) is 0 Å². The second-order valence-electron chi connectivity index (χ2n) is 5.66. The molecule has 2 heterocycles. The fourth-order valence-corrected chi connectivity index (χ4v) is 2.35. The monoisotopic (exact) mass is 275 g/mol. The van der Waals surface area contributed by atoms with E-state index in [-0.39, 0.29) is 6.54 Å². The van der Waals surface area contributed by atoms with E-state index in [0.717, 1.165) is 17.9 Å². The molecule has 0 aliphatic rings. The van der Waals surface area contributed by atoms with Gasteiger partial charge in [0.05, 0.1) is 12.2 Å². The summed E-state index contributed by atoms with van der Waals surface area (Å²) in [6.07, 6.45) is 3.99. The summed E-state index contributed by atoms with van der Waals surface area (Å²) in [6, 6.07) is 4.00. The maximum absolute atomic E-state index is 10.9. The summed E-state index contributed by atoms with van der Waals surface area (Å²) in [5.74, 6) is -0.376. The molecule has 5 heteroatoms. The normalized spacial score (nSPS) is 11.7. The molecule has 0 unspecified atom stereocenters. The van der Waals surface area contributed by atoms with Crippen molar-refractivity contribution in [3.05, 3.63) is 35.8 Å². The van der Waals surface area contributed by atoms with Crippen LogP contribution in [0.4, 0.5) is 0 Å². The molecule has 1 N–H and O–H groups in total. The number of imidazole rings is 1. The summed E-state index contributed by atoms with van der Waals surface area (Å²) < 4.78 is 1.99. The number of carboxylic acid groups (broad SMARTS) is 1. The van der Waals surface area contributed by atoms with Gasteiger partial charge in [-0.1, -0.05) is 19.9 Å². The highest BCUT2D eigenvalue weighted by molar-refractivity contribution is 5.69. The van der Waals surface area contributed by atoms with E-state index in [4.69, 9.17) is 5.11 Å². The van der Waals surface area contributed by atoms with Crippen molar-refractivity contribution >= 4 is 11.6 Å². The zero-order valence-corrected chi connectivity index (χ0v) is 12.2. The third-order valence-corrected chi connectivity index (χ3v) is 3.02. The maximum atomic E-state index is 10.9. The van der Waals surface area contributed by atoms with Crippen LogP contribution in [0.15, 0.2) is 24.5 Å². The molecule has 5 nitrogen and oxygen atoms in total. The van der Waals surface area contributed by atoms with Gasteiger partial charge in [0.1, 0.15) is 5.65 Å². The molecular weight excluding hydrogens is 254 g/mol. The Bertz CT molecular complexity index is 604. The number of pyridine rings is 1. The minimum absolute atomic E-state index is 0.0467. The van der Waals surface area contributed by atoms with E-state index in [0.29, 0.717) is 12.5 Å². The highest BCUT2D eigenvalue weighted by Gasteiger charge is 2.13. The molecule has 0 aliphatic carbocycles. The van der Waals surface area contributed by atoms with Crippen LogP contribution < -0.4 is 0 Å². The topological polar surface area (TPSA) is 57.8 Å². The second kappa shape index (κ2) is 6.05. The van der Waals surface area contributed by atoms with Crippen LogP contribution in [-0.2, 0) is 11.3 Å². The predicted molar refractivity (Wildman–Crippen MR) is 77.7 cm³/mol. The standard InChI is InChI=1S/C15H21N3O2/c1-11(2)6-17(10-15(19)20)8-13-9-18-7-12(3)4-5-14(18)16-13/h4-5,7,9,11H,6,8,10H2,1-3H3,(H,19,20). The van der Waals surface area contributed by atoms with E-state index < -0.39 is 5.97 Å². The van der Waals surface area contributed by atoms with E-state index in [1.807, 2.05) is 40.8 Å². The Kier molecular flexibility index (Phi) is 4.39. The summed E-state index contributed by atoms with van der Waals surface area (Å²) in [5, 5.41) is 8.98. The van der Waals surface area contributed by atoms with Crippen LogP contribution >= 0.6 is 0 Å². The van der Waals surface area contributed by atoms with Crippen molar-refractivity contribution in [2.45, 2.75) is 27.3 Å². The molecule has 0 bridgehead atoms. The molecule has 2 aromatic rings. The van der Waals surface area contributed by atoms with Crippen molar-refractivity contribution < 1.29 is 9.90 Å². The molecule has 0 aliphatic heterocycles. The van der Waals surface area contributed by atoms with Crippen LogP contribution in [-0.4, -0.2) is 38.4 Å². The average Bonchev–Trinajstić information content (AvgIpc) is 2.68. The van der Waals surface area contributed by atoms with E-state index in [1.54, 1.807) is 0 Å². The van der Waals surface area contributed by atoms with Gasteiger partial charge in [-0.2, -0.15) is 0 Å². The molecule has 108 valence electrons. The maximum Gasteiger partial charge on any atom is 0.317 e. The van der Waals surface area contributed by atoms with Crippen molar-refractivity contribution in [2.75, 3.05) is 13.1 Å². The van der Waals surface area contributed by atoms with Crippen LogP contribution in [0.5, 0.6) is 0 Å². The van der Waals surface area contributed by atoms with Crippen molar-refractivity contribution in [1.29, 1.82) is 0 Å². The Labute approximate surface area is 118 Å². The molecular formula is C15H21N3O2. The number of aromatic nitrogens is 2. The summed E-state index contributed by atoms with van der Waals surface area (Å²) in [7, 11) is 0. The van der Waals surface area contributed by atoms with Gasteiger partial charge in [0, 0.05) is 25.5 Å². The molecule has 0 saturated carbocycles. The molecule has 0 atom stereocenters. The molecule has 0 aromatic carbocycles. The Morgan fingerprint density at radius 2 is 2.15 bits per heavy atom. The highest BCUT2D eigenvalue weighted by atomic mass is 16.4. The number of aryl methyl sites for hydroxylation is 1. The SMILES string of the molecule is Cc1ccc2nc(CN(CC(=O)O)CC(C)C)cn2c1. The number of hydrogen-bond donors (Lipinski definition) is 1. The van der Waals surface area contributed by atoms with Crippen LogP contribution in [0.2, 0.25) is 0 Å². The first kappa shape index (κ1) is 14.5. The first-order valence-corrected chi connectivity index (χ1v) is 6.82. The Balaban J connectivity index is 2.16. The van der Waals surface area contributed by atoms with Crippen LogP contribution in [0.3, 0.4) is 0 Å². The molecule has 2 aromatic heterocycles. The summed E-state index contributed by atoms with van der Waals surface area (Å²) in [5.41, 5.74) is 2.97. The Morgan fingerprint density at radius 1 is 1.40 bits per heavy atom. The second-order valence-corrected chi connectivity index (χ2v) is 5.66. The molecule has 0 fully saturated rings. The zero-order valence-electron chi connectivity index (χ0n) is 12.2. The van der Waals surface area contributed by atoms with E-state index >= 15 is 0 Å². The van der Waals surface area contributed by atoms with Gasteiger partial charge >= 0.3 is 5.97 Å². The number of aliphatic carboxylic acids is 1. The molecule has 20 heavy (non-hydrogen) atoms. The number of nitrogens with zero attached hydrogens (tertiary/aromatic N) is 3. The minimum atomic E-state index is -0.801. The van der Waals surface area contributed by atoms with E-state index in [2.05, 4.69) is 18.8 Å². The lowest BCUT2D eigenvalue weighted by atomic mass is 10.2. The van der Waals surface area contributed by atoms with Crippen molar-refractivity contribution in [2.24, 2.45) is 5.92 Å². The Morgan fingerprint density at radius 3 is 2.80 bits per heavy atom. The Hall–Kier alpha value is -1.88. The van der Waals surface area contributed by atoms with Crippen LogP contribution in [0, 0.1) is 12.8 Å². The van der Waals surface area contributed by atoms with E-state index in [1.165, 1.54) is 5.56 Å². The zero-order chi connectivity index (χ0) is 14.7. The third-order valence-electron chi connectivity index (χ3n) is 3.02. The lowest BCUT2D eigenvalue weighted by Gasteiger charge is -2.21. The summed E-state index contributed by atoms with van der Waals surface area (Å²) in [4.78, 5) is 17.4. The summed E-state index contributed by atoms with van der Waals surface area (Å²) in [6.45, 7) is 7.56. The summed E-state index contributed by atoms with van der Waals surface area (Å²) >= 11 is 0. The van der Waals surface area contributed by atoms with Gasteiger partial charge in [0.2, 0.25) is 0 Å². The van der Waals surface area contributed by atoms with Crippen LogP contribution in [0.25, 0.3) is 5.65 Å². The fraction of sp³-hybridized carbons (Fsp3) is 0.467. The number of rotatable bonds is 6. The molecule has 0 amide bonds. The predicted octanol–water partition coefficient (Wildman–Crippen LogP) is 2.19. The average molecular weight is 275 g/mol. The van der Waals surface area contributed by atoms with Crippen molar-refractivity contribution in [3.63, 3.8) is 0 Å². The van der Waals surface area contributed by atoms with Crippen molar-refractivity contribution in [3.8, 4) is 0 Å². The van der Waals surface area contributed by atoms with Gasteiger partial charge in [0.25, 0.3) is 0 Å². The van der Waals surface area contributed by atoms with Crippen molar-refractivity contribution in [1.82, 2.24) is 14.3 Å². The number of fused-ring (bicyclic) bond motifs is 1. The van der Waals surface area contributed by atoms with Gasteiger partial charge in [0.15, 0.2) is 0 Å². The van der Waals surface area contributed by atoms with Crippen LogP contribution in [0.1, 0.15) is 25.1 Å². The largest absolute Gasteiger partial charge is 0.480 e. The lowest BCUT2D eigenvalue weighted by Crippen LogP contribution is -2.32. The number of carbonyl (C=O) groups is 1. The third kappa shape index (κ3) is 3.81. The van der Waals surface area contributed by atoms with Gasteiger partial charge in [-0.05, 0) is 24.5 Å². The van der Waals surface area contributed by atoms with Gasteiger partial charge in [-0.25, -0.2) is 4.98 Å². The minimum Gasteiger partial charge on any atom is -0.480 e.